The number of hydrogen-bond donors (Lipinski definition) is 2. The average Bonchev–Trinajstić information content (AvgIpc) is 2.79. The first-order chi connectivity index (χ1) is 15.4. The van der Waals surface area contributed by atoms with E-state index in [0.29, 0.717) is 11.3 Å². The third-order valence-corrected chi connectivity index (χ3v) is 5.02. The molecule has 8 heteroatoms. The van der Waals surface area contributed by atoms with E-state index in [0.717, 1.165) is 10.0 Å². The number of carboxylic acid groups (broad SMARTS) is 1. The molecule has 0 unspecified atom stereocenters. The second kappa shape index (κ2) is 10.5. The molecular formula is C24H19BrN2O5. The van der Waals surface area contributed by atoms with Gasteiger partial charge in [-0.1, -0.05) is 34.1 Å². The van der Waals surface area contributed by atoms with Gasteiger partial charge in [-0.05, 0) is 60.2 Å². The Morgan fingerprint density at radius 3 is 2.28 bits per heavy atom. The van der Waals surface area contributed by atoms with Gasteiger partial charge in [-0.3, -0.25) is 9.59 Å². The number of nitrogens with one attached hydrogen (secondary N) is 1. The van der Waals surface area contributed by atoms with E-state index in [2.05, 4.69) is 26.2 Å². The van der Waals surface area contributed by atoms with Crippen molar-refractivity contribution in [1.29, 1.82) is 0 Å². The molecule has 0 spiro atoms. The summed E-state index contributed by atoms with van der Waals surface area (Å²) in [6, 6.07) is 19.5. The molecule has 32 heavy (non-hydrogen) atoms. The van der Waals surface area contributed by atoms with E-state index < -0.39 is 17.8 Å². The second-order valence-electron chi connectivity index (χ2n) is 6.74. The second-order valence-corrected chi connectivity index (χ2v) is 7.65. The summed E-state index contributed by atoms with van der Waals surface area (Å²) in [6.07, 6.45) is 0.0940. The van der Waals surface area contributed by atoms with Gasteiger partial charge in [-0.2, -0.15) is 0 Å². The maximum absolute atomic E-state index is 13.0. The first kappa shape index (κ1) is 22.9. The fraction of sp³-hybridized carbons (Fsp3) is 0.0833. The minimum Gasteiger partial charge on any atom is -0.497 e. The molecule has 2 N–H and O–H groups in total. The quantitative estimate of drug-likeness (QED) is 0.466. The molecule has 0 atom stereocenters. The molecule has 0 heterocycles. The average molecular weight is 495 g/mol. The Morgan fingerprint density at radius 1 is 0.969 bits per heavy atom. The number of aliphatic imine (C=N–C) groups is 1. The van der Waals surface area contributed by atoms with Crippen LogP contribution in [-0.4, -0.2) is 35.7 Å². The Labute approximate surface area is 192 Å². The molecule has 0 aromatic heterocycles. The van der Waals surface area contributed by atoms with Crippen molar-refractivity contribution in [3.63, 3.8) is 0 Å². The molecule has 162 valence electrons. The Morgan fingerprint density at radius 2 is 1.66 bits per heavy atom. The number of carbonyl (C=O) groups excluding carboxylic acids is 2. The summed E-state index contributed by atoms with van der Waals surface area (Å²) < 4.78 is 5.96. The van der Waals surface area contributed by atoms with Gasteiger partial charge in [0.15, 0.2) is 0 Å². The van der Waals surface area contributed by atoms with Crippen molar-refractivity contribution >= 4 is 45.1 Å². The molecule has 7 nitrogen and oxygen atoms in total. The highest BCUT2D eigenvalue weighted by atomic mass is 79.9. The van der Waals surface area contributed by atoms with Crippen molar-refractivity contribution < 1.29 is 24.2 Å². The van der Waals surface area contributed by atoms with Crippen molar-refractivity contribution in [1.82, 2.24) is 0 Å². The van der Waals surface area contributed by atoms with Crippen LogP contribution in [0.15, 0.2) is 82.3 Å². The zero-order valence-corrected chi connectivity index (χ0v) is 18.6. The zero-order valence-electron chi connectivity index (χ0n) is 17.0. The van der Waals surface area contributed by atoms with Crippen LogP contribution in [0.4, 0.5) is 5.69 Å². The molecule has 0 radical (unpaired) electrons. The van der Waals surface area contributed by atoms with Crippen molar-refractivity contribution in [2.75, 3.05) is 12.4 Å². The van der Waals surface area contributed by atoms with Crippen LogP contribution in [-0.2, 0) is 11.2 Å². The molecule has 3 aromatic carbocycles. The van der Waals surface area contributed by atoms with Crippen molar-refractivity contribution in [2.24, 2.45) is 4.99 Å². The first-order valence-corrected chi connectivity index (χ1v) is 10.3. The summed E-state index contributed by atoms with van der Waals surface area (Å²) in [6.45, 7) is 0. The lowest BCUT2D eigenvalue weighted by atomic mass is 10.1. The van der Waals surface area contributed by atoms with E-state index in [1.54, 1.807) is 61.7 Å². The Bertz CT molecular complexity index is 1170. The molecule has 3 aromatic rings. The normalized spacial score (nSPS) is 11.0. The molecule has 0 saturated carbocycles. The molecule has 0 saturated heterocycles. The Hall–Kier alpha value is -3.78. The fourth-order valence-electron chi connectivity index (χ4n) is 2.82. The lowest BCUT2D eigenvalue weighted by Gasteiger charge is -2.10. The molecule has 0 bridgehead atoms. The number of amides is 2. The SMILES string of the molecule is COc1ccc(CC(=NC(=O)c2ccc(Br)cc2)C(=O)Nc2cccc(C(=O)O)c2)cc1. The summed E-state index contributed by atoms with van der Waals surface area (Å²) in [7, 11) is 1.55. The van der Waals surface area contributed by atoms with Gasteiger partial charge in [-0.15, -0.1) is 0 Å². The highest BCUT2D eigenvalue weighted by molar-refractivity contribution is 9.10. The number of hydrogen-bond acceptors (Lipinski definition) is 4. The van der Waals surface area contributed by atoms with Crippen molar-refractivity contribution in [3.05, 3.63) is 94.0 Å². The summed E-state index contributed by atoms with van der Waals surface area (Å²) in [4.78, 5) is 40.9. The third kappa shape index (κ3) is 6.12. The number of benzene rings is 3. The molecular weight excluding hydrogens is 476 g/mol. The van der Waals surface area contributed by atoms with E-state index >= 15 is 0 Å². The molecule has 0 fully saturated rings. The highest BCUT2D eigenvalue weighted by Crippen LogP contribution is 2.16. The molecule has 0 aliphatic rings. The summed E-state index contributed by atoms with van der Waals surface area (Å²) in [5, 5.41) is 11.8. The van der Waals surface area contributed by atoms with Crippen LogP contribution in [0, 0.1) is 0 Å². The molecule has 3 rings (SSSR count). The number of carboxylic acids is 1. The number of nitrogens with zero attached hydrogens (tertiary/aromatic N) is 1. The number of aromatic carboxylic acids is 1. The van der Waals surface area contributed by atoms with Crippen LogP contribution in [0.25, 0.3) is 0 Å². The van der Waals surface area contributed by atoms with Crippen LogP contribution < -0.4 is 10.1 Å². The Kier molecular flexibility index (Phi) is 7.51. The topological polar surface area (TPSA) is 105 Å². The summed E-state index contributed by atoms with van der Waals surface area (Å²) in [5.41, 5.74) is 1.39. The molecule has 2 amide bonds. The lowest BCUT2D eigenvalue weighted by molar-refractivity contribution is -0.110. The maximum atomic E-state index is 13.0. The van der Waals surface area contributed by atoms with Crippen LogP contribution in [0.2, 0.25) is 0 Å². The number of rotatable bonds is 7. The number of carbonyl (C=O) groups is 3. The first-order valence-electron chi connectivity index (χ1n) is 9.51. The number of halogens is 1. The summed E-state index contributed by atoms with van der Waals surface area (Å²) in [5.74, 6) is -1.61. The predicted molar refractivity (Wildman–Crippen MR) is 125 cm³/mol. The van der Waals surface area contributed by atoms with E-state index in [4.69, 9.17) is 9.84 Å². The van der Waals surface area contributed by atoms with Crippen LogP contribution in [0.3, 0.4) is 0 Å². The summed E-state index contributed by atoms with van der Waals surface area (Å²) >= 11 is 3.31. The van der Waals surface area contributed by atoms with Crippen molar-refractivity contribution in [3.8, 4) is 5.75 Å². The number of methoxy groups -OCH3 is 1. The maximum Gasteiger partial charge on any atom is 0.335 e. The van der Waals surface area contributed by atoms with E-state index in [1.165, 1.54) is 18.2 Å². The van der Waals surface area contributed by atoms with Gasteiger partial charge in [0.2, 0.25) is 0 Å². The van der Waals surface area contributed by atoms with Gasteiger partial charge in [0.05, 0.1) is 12.7 Å². The van der Waals surface area contributed by atoms with Gasteiger partial charge in [0.1, 0.15) is 11.5 Å². The van der Waals surface area contributed by atoms with Gasteiger partial charge >= 0.3 is 5.97 Å². The van der Waals surface area contributed by atoms with Crippen LogP contribution >= 0.6 is 15.9 Å². The van der Waals surface area contributed by atoms with Gasteiger partial charge < -0.3 is 15.2 Å². The lowest BCUT2D eigenvalue weighted by Crippen LogP contribution is -2.26. The minimum atomic E-state index is -1.11. The number of ether oxygens (including phenoxy) is 1. The highest BCUT2D eigenvalue weighted by Gasteiger charge is 2.17. The van der Waals surface area contributed by atoms with Gasteiger partial charge in [0, 0.05) is 22.1 Å². The van der Waals surface area contributed by atoms with Gasteiger partial charge in [-0.25, -0.2) is 9.79 Å². The van der Waals surface area contributed by atoms with E-state index in [-0.39, 0.29) is 23.4 Å². The Balaban J connectivity index is 1.90. The van der Waals surface area contributed by atoms with Crippen LogP contribution in [0.5, 0.6) is 5.75 Å². The van der Waals surface area contributed by atoms with E-state index in [1.807, 2.05) is 0 Å². The van der Waals surface area contributed by atoms with E-state index in [9.17, 15) is 14.4 Å². The largest absolute Gasteiger partial charge is 0.497 e. The predicted octanol–water partition coefficient (Wildman–Crippen LogP) is 4.62. The molecule has 0 aliphatic carbocycles. The fourth-order valence-corrected chi connectivity index (χ4v) is 3.08. The standard InChI is InChI=1S/C24H19BrN2O5/c1-32-20-11-5-15(6-12-20)13-21(27-22(28)16-7-9-18(25)10-8-16)23(29)26-19-4-2-3-17(14-19)24(30)31/h2-12,14H,13H2,1H3,(H,26,29)(H,30,31). The number of anilines is 1. The minimum absolute atomic E-state index is 0.0104. The van der Waals surface area contributed by atoms with Crippen LogP contribution in [0.1, 0.15) is 26.3 Å². The molecule has 0 aliphatic heterocycles. The zero-order chi connectivity index (χ0) is 23.1. The monoisotopic (exact) mass is 494 g/mol. The van der Waals surface area contributed by atoms with Crippen molar-refractivity contribution in [2.45, 2.75) is 6.42 Å². The third-order valence-electron chi connectivity index (χ3n) is 4.49. The smallest absolute Gasteiger partial charge is 0.335 e. The van der Waals surface area contributed by atoms with Gasteiger partial charge in [0.25, 0.3) is 11.8 Å².